The van der Waals surface area contributed by atoms with E-state index in [0.717, 1.165) is 25.0 Å². The van der Waals surface area contributed by atoms with Crippen LogP contribution in [0.5, 0.6) is 0 Å². The molecular formula is C10H19N3. The topological polar surface area (TPSA) is 41.6 Å². The van der Waals surface area contributed by atoms with Gasteiger partial charge in [-0.1, -0.05) is 13.3 Å². The largest absolute Gasteiger partial charge is 0.370 e. The van der Waals surface area contributed by atoms with Crippen LogP contribution in [0.15, 0.2) is 4.99 Å². The van der Waals surface area contributed by atoms with Crippen LogP contribution in [0.3, 0.4) is 0 Å². The second-order valence-corrected chi connectivity index (χ2v) is 4.24. The fraction of sp³-hybridized carbons (Fsp3) is 0.900. The van der Waals surface area contributed by atoms with E-state index in [1.165, 1.54) is 25.7 Å². The number of hydrogen-bond donors (Lipinski definition) is 1. The van der Waals surface area contributed by atoms with E-state index in [1.807, 2.05) is 0 Å². The Balaban J connectivity index is 1.89. The predicted molar refractivity (Wildman–Crippen MR) is 54.6 cm³/mol. The van der Waals surface area contributed by atoms with Gasteiger partial charge in [0.05, 0.1) is 12.6 Å². The Hall–Kier alpha value is -0.730. The van der Waals surface area contributed by atoms with Crippen LogP contribution < -0.4 is 5.73 Å². The highest BCUT2D eigenvalue weighted by molar-refractivity contribution is 5.80. The summed E-state index contributed by atoms with van der Waals surface area (Å²) in [5, 5.41) is 0. The number of nitrogens with two attached hydrogens (primary N) is 1. The second kappa shape index (κ2) is 3.56. The van der Waals surface area contributed by atoms with Gasteiger partial charge in [0.15, 0.2) is 5.96 Å². The molecule has 0 spiro atoms. The molecule has 0 saturated heterocycles. The zero-order valence-corrected chi connectivity index (χ0v) is 8.37. The van der Waals surface area contributed by atoms with Gasteiger partial charge in [-0.2, -0.15) is 0 Å². The molecule has 0 radical (unpaired) electrons. The second-order valence-electron chi connectivity index (χ2n) is 4.24. The molecule has 0 aromatic heterocycles. The van der Waals surface area contributed by atoms with Crippen molar-refractivity contribution in [2.24, 2.45) is 16.6 Å². The Kier molecular flexibility index (Phi) is 2.42. The lowest BCUT2D eigenvalue weighted by Gasteiger charge is -2.25. The van der Waals surface area contributed by atoms with Crippen molar-refractivity contribution in [3.63, 3.8) is 0 Å². The highest BCUT2D eigenvalue weighted by Crippen LogP contribution is 2.31. The number of nitrogens with zero attached hydrogens (tertiary/aromatic N) is 2. The highest BCUT2D eigenvalue weighted by Gasteiger charge is 2.31. The highest BCUT2D eigenvalue weighted by atomic mass is 15.3. The Bertz CT molecular complexity index is 208. The van der Waals surface area contributed by atoms with Crippen LogP contribution >= 0.6 is 0 Å². The Morgan fingerprint density at radius 1 is 1.54 bits per heavy atom. The van der Waals surface area contributed by atoms with E-state index < -0.39 is 0 Å². The van der Waals surface area contributed by atoms with Crippen LogP contribution in [0, 0.1) is 5.92 Å². The fourth-order valence-electron chi connectivity index (χ4n) is 1.98. The van der Waals surface area contributed by atoms with E-state index in [9.17, 15) is 0 Å². The zero-order chi connectivity index (χ0) is 9.26. The summed E-state index contributed by atoms with van der Waals surface area (Å²) in [5.74, 6) is 1.69. The van der Waals surface area contributed by atoms with Crippen molar-refractivity contribution in [1.82, 2.24) is 4.90 Å². The Morgan fingerprint density at radius 3 is 2.92 bits per heavy atom. The molecule has 13 heavy (non-hydrogen) atoms. The van der Waals surface area contributed by atoms with E-state index >= 15 is 0 Å². The molecule has 3 heteroatoms. The van der Waals surface area contributed by atoms with Gasteiger partial charge < -0.3 is 10.6 Å². The van der Waals surface area contributed by atoms with Gasteiger partial charge in [0.25, 0.3) is 0 Å². The Labute approximate surface area is 80.0 Å². The molecule has 1 fully saturated rings. The van der Waals surface area contributed by atoms with E-state index in [2.05, 4.69) is 16.8 Å². The van der Waals surface area contributed by atoms with Crippen molar-refractivity contribution in [3.05, 3.63) is 0 Å². The summed E-state index contributed by atoms with van der Waals surface area (Å²) in [6, 6.07) is 0.602. The van der Waals surface area contributed by atoms with Crippen molar-refractivity contribution in [2.75, 3.05) is 13.1 Å². The maximum Gasteiger partial charge on any atom is 0.191 e. The molecule has 2 N–H and O–H groups in total. The van der Waals surface area contributed by atoms with Gasteiger partial charge >= 0.3 is 0 Å². The summed E-state index contributed by atoms with van der Waals surface area (Å²) >= 11 is 0. The van der Waals surface area contributed by atoms with Gasteiger partial charge in [0.1, 0.15) is 0 Å². The smallest absolute Gasteiger partial charge is 0.191 e. The summed E-state index contributed by atoms with van der Waals surface area (Å²) in [6.45, 7) is 4.30. The lowest BCUT2D eigenvalue weighted by Crippen LogP contribution is -2.41. The lowest BCUT2D eigenvalue weighted by atomic mass is 10.1. The Morgan fingerprint density at radius 2 is 2.31 bits per heavy atom. The molecule has 1 unspecified atom stereocenters. The fourth-order valence-corrected chi connectivity index (χ4v) is 1.98. The maximum atomic E-state index is 5.85. The molecular weight excluding hydrogens is 162 g/mol. The van der Waals surface area contributed by atoms with Gasteiger partial charge in [-0.25, -0.2) is 0 Å². The first kappa shape index (κ1) is 8.85. The lowest BCUT2D eigenvalue weighted by molar-refractivity contribution is 0.310. The van der Waals surface area contributed by atoms with Crippen molar-refractivity contribution < 1.29 is 0 Å². The monoisotopic (exact) mass is 181 g/mol. The van der Waals surface area contributed by atoms with Crippen LogP contribution in [-0.4, -0.2) is 30.0 Å². The summed E-state index contributed by atoms with van der Waals surface area (Å²) in [5.41, 5.74) is 5.85. The molecule has 1 aliphatic heterocycles. The molecule has 3 nitrogen and oxygen atoms in total. The molecule has 2 aliphatic rings. The minimum absolute atomic E-state index is 0.602. The number of rotatable bonds is 4. The average molecular weight is 181 g/mol. The summed E-state index contributed by atoms with van der Waals surface area (Å²) in [7, 11) is 0. The third-order valence-corrected chi connectivity index (χ3v) is 2.97. The number of hydrogen-bond acceptors (Lipinski definition) is 3. The van der Waals surface area contributed by atoms with Gasteiger partial charge in [-0.15, -0.1) is 0 Å². The first-order chi connectivity index (χ1) is 6.31. The molecule has 1 aliphatic carbocycles. The van der Waals surface area contributed by atoms with E-state index in [4.69, 9.17) is 5.73 Å². The molecule has 0 aromatic carbocycles. The minimum Gasteiger partial charge on any atom is -0.370 e. The van der Waals surface area contributed by atoms with Gasteiger partial charge in [-0.05, 0) is 25.2 Å². The van der Waals surface area contributed by atoms with E-state index in [1.54, 1.807) is 0 Å². The van der Waals surface area contributed by atoms with E-state index in [-0.39, 0.29) is 0 Å². The standard InChI is InChI=1S/C10H19N3/c1-2-3-9-6-12-10(11)13(9)7-8-4-5-8/h8-9H,2-7H2,1H3,(H2,11,12). The third kappa shape index (κ3) is 1.95. The quantitative estimate of drug-likeness (QED) is 0.708. The van der Waals surface area contributed by atoms with Gasteiger partial charge in [0, 0.05) is 6.54 Å². The molecule has 0 bridgehead atoms. The van der Waals surface area contributed by atoms with Crippen molar-refractivity contribution in [2.45, 2.75) is 38.6 Å². The first-order valence-electron chi connectivity index (χ1n) is 5.37. The number of guanidine groups is 1. The van der Waals surface area contributed by atoms with Crippen molar-refractivity contribution in [3.8, 4) is 0 Å². The van der Waals surface area contributed by atoms with Crippen LogP contribution in [-0.2, 0) is 0 Å². The van der Waals surface area contributed by atoms with Gasteiger partial charge in [0.2, 0.25) is 0 Å². The molecule has 1 atom stereocenters. The van der Waals surface area contributed by atoms with Crippen molar-refractivity contribution >= 4 is 5.96 Å². The summed E-state index contributed by atoms with van der Waals surface area (Å²) in [6.07, 6.45) is 5.25. The summed E-state index contributed by atoms with van der Waals surface area (Å²) in [4.78, 5) is 6.64. The van der Waals surface area contributed by atoms with Gasteiger partial charge in [-0.3, -0.25) is 4.99 Å². The predicted octanol–water partition coefficient (Wildman–Crippen LogP) is 1.20. The molecule has 74 valence electrons. The van der Waals surface area contributed by atoms with E-state index in [0.29, 0.717) is 6.04 Å². The molecule has 0 aromatic rings. The van der Waals surface area contributed by atoms with Crippen LogP contribution in [0.4, 0.5) is 0 Å². The molecule has 2 rings (SSSR count). The average Bonchev–Trinajstić information content (AvgIpc) is 2.86. The van der Waals surface area contributed by atoms with Crippen LogP contribution in [0.25, 0.3) is 0 Å². The summed E-state index contributed by atoms with van der Waals surface area (Å²) < 4.78 is 0. The first-order valence-corrected chi connectivity index (χ1v) is 5.37. The molecule has 0 amide bonds. The maximum absolute atomic E-state index is 5.85. The van der Waals surface area contributed by atoms with Crippen LogP contribution in [0.1, 0.15) is 32.6 Å². The minimum atomic E-state index is 0.602. The van der Waals surface area contributed by atoms with Crippen molar-refractivity contribution in [1.29, 1.82) is 0 Å². The third-order valence-electron chi connectivity index (χ3n) is 2.97. The zero-order valence-electron chi connectivity index (χ0n) is 8.37. The normalized spacial score (nSPS) is 27.9. The SMILES string of the molecule is CCCC1CN=C(N)N1CC1CC1. The molecule has 1 heterocycles. The number of aliphatic imine (C=N–C) groups is 1. The van der Waals surface area contributed by atoms with Crippen LogP contribution in [0.2, 0.25) is 0 Å². The molecule has 1 saturated carbocycles.